The number of ether oxygens (including phenoxy) is 1. The number of benzene rings is 1. The summed E-state index contributed by atoms with van der Waals surface area (Å²) in [4.78, 5) is 15.2. The molecule has 0 bridgehead atoms. The van der Waals surface area contributed by atoms with Gasteiger partial charge in [0.05, 0.1) is 6.61 Å². The largest absolute Gasteiger partial charge is 0.494 e. The second-order valence-electron chi connectivity index (χ2n) is 4.20. The number of rotatable bonds is 7. The van der Waals surface area contributed by atoms with Crippen LogP contribution in [0.25, 0.3) is 0 Å². The van der Waals surface area contributed by atoms with Crippen LogP contribution in [0.5, 0.6) is 5.75 Å². The fraction of sp³-hybridized carbons (Fsp3) is 0.462. The number of amides is 1. The highest BCUT2D eigenvalue weighted by Crippen LogP contribution is 2.14. The van der Waals surface area contributed by atoms with Crippen LogP contribution >= 0.6 is 0 Å². The van der Waals surface area contributed by atoms with Crippen molar-refractivity contribution in [3.05, 3.63) is 29.8 Å². The Labute approximate surface area is 114 Å². The minimum atomic E-state index is -4.46. The van der Waals surface area contributed by atoms with Crippen LogP contribution < -0.4 is 10.2 Å². The van der Waals surface area contributed by atoms with Gasteiger partial charge in [-0.3, -0.25) is 9.63 Å². The number of hydrogen-bond acceptors (Lipinski definition) is 3. The number of nitrogens with one attached hydrogen (secondary N) is 1. The molecule has 0 fully saturated rings. The van der Waals surface area contributed by atoms with Crippen LogP contribution in [0.15, 0.2) is 24.3 Å². The molecule has 0 saturated carbocycles. The van der Waals surface area contributed by atoms with E-state index >= 15 is 0 Å². The van der Waals surface area contributed by atoms with Gasteiger partial charge < -0.3 is 4.74 Å². The second kappa shape index (κ2) is 7.74. The number of alkyl halides is 3. The van der Waals surface area contributed by atoms with Crippen LogP contribution in [0.1, 0.15) is 18.4 Å². The average Bonchev–Trinajstić information content (AvgIpc) is 2.33. The fourth-order valence-corrected chi connectivity index (χ4v) is 1.38. The van der Waals surface area contributed by atoms with Crippen molar-refractivity contribution in [1.82, 2.24) is 5.48 Å². The molecule has 112 valence electrons. The van der Waals surface area contributed by atoms with Crippen molar-refractivity contribution >= 4 is 5.91 Å². The van der Waals surface area contributed by atoms with Crippen LogP contribution in [-0.2, 0) is 9.63 Å². The minimum absolute atomic E-state index is 0.0314. The summed E-state index contributed by atoms with van der Waals surface area (Å²) < 4.78 is 40.6. The lowest BCUT2D eigenvalue weighted by Gasteiger charge is -2.09. The Morgan fingerprint density at radius 2 is 2.10 bits per heavy atom. The highest BCUT2D eigenvalue weighted by atomic mass is 19.4. The van der Waals surface area contributed by atoms with Gasteiger partial charge in [0.1, 0.15) is 5.75 Å². The zero-order chi connectivity index (χ0) is 15.0. The number of halogens is 3. The molecule has 0 heterocycles. The smallest absolute Gasteiger partial charge is 0.414 e. The molecule has 0 aliphatic rings. The summed E-state index contributed by atoms with van der Waals surface area (Å²) >= 11 is 0. The Kier molecular flexibility index (Phi) is 6.30. The van der Waals surface area contributed by atoms with Crippen molar-refractivity contribution in [3.63, 3.8) is 0 Å². The van der Waals surface area contributed by atoms with E-state index in [0.29, 0.717) is 18.8 Å². The van der Waals surface area contributed by atoms with E-state index < -0.39 is 18.7 Å². The number of hydroxylamine groups is 1. The van der Waals surface area contributed by atoms with E-state index in [1.165, 1.54) is 0 Å². The summed E-state index contributed by atoms with van der Waals surface area (Å²) in [6.07, 6.45) is -4.04. The van der Waals surface area contributed by atoms with E-state index in [2.05, 4.69) is 4.84 Å². The first-order valence-corrected chi connectivity index (χ1v) is 6.04. The molecule has 0 radical (unpaired) electrons. The molecule has 0 saturated heterocycles. The molecule has 4 nitrogen and oxygen atoms in total. The zero-order valence-electron chi connectivity index (χ0n) is 11.0. The van der Waals surface area contributed by atoms with E-state index in [9.17, 15) is 18.0 Å². The van der Waals surface area contributed by atoms with Crippen molar-refractivity contribution in [3.8, 4) is 5.75 Å². The van der Waals surface area contributed by atoms with Crippen molar-refractivity contribution in [2.75, 3.05) is 13.2 Å². The predicted octanol–water partition coefficient (Wildman–Crippen LogP) is 2.76. The molecule has 0 aromatic heterocycles. The zero-order valence-corrected chi connectivity index (χ0v) is 11.0. The fourth-order valence-electron chi connectivity index (χ4n) is 1.38. The summed E-state index contributed by atoms with van der Waals surface area (Å²) in [5, 5.41) is 0. The third kappa shape index (κ3) is 7.63. The third-order valence-electron chi connectivity index (χ3n) is 2.23. The van der Waals surface area contributed by atoms with Crippen LogP contribution in [0.2, 0.25) is 0 Å². The van der Waals surface area contributed by atoms with Gasteiger partial charge in [0, 0.05) is 6.42 Å². The van der Waals surface area contributed by atoms with Crippen LogP contribution in [0.3, 0.4) is 0 Å². The van der Waals surface area contributed by atoms with Gasteiger partial charge in [-0.15, -0.1) is 0 Å². The molecule has 0 spiro atoms. The van der Waals surface area contributed by atoms with E-state index in [0.717, 1.165) is 5.56 Å². The van der Waals surface area contributed by atoms with E-state index in [1.54, 1.807) is 11.5 Å². The van der Waals surface area contributed by atoms with E-state index in [4.69, 9.17) is 4.74 Å². The van der Waals surface area contributed by atoms with Gasteiger partial charge in [-0.2, -0.15) is 13.2 Å². The molecule has 0 aliphatic heterocycles. The van der Waals surface area contributed by atoms with Gasteiger partial charge in [-0.05, 0) is 31.0 Å². The maximum atomic E-state index is 11.7. The lowest BCUT2D eigenvalue weighted by atomic mass is 10.2. The first-order valence-electron chi connectivity index (χ1n) is 6.04. The molecule has 1 rings (SSSR count). The molecule has 7 heteroatoms. The van der Waals surface area contributed by atoms with Crippen LogP contribution in [0.4, 0.5) is 13.2 Å². The Morgan fingerprint density at radius 3 is 2.75 bits per heavy atom. The molecule has 1 amide bonds. The predicted molar refractivity (Wildman–Crippen MR) is 66.1 cm³/mol. The minimum Gasteiger partial charge on any atom is -0.494 e. The van der Waals surface area contributed by atoms with Gasteiger partial charge >= 0.3 is 6.18 Å². The average molecular weight is 291 g/mol. The van der Waals surface area contributed by atoms with Crippen molar-refractivity contribution < 1.29 is 27.5 Å². The number of carbonyl (C=O) groups excluding carboxylic acids is 1. The quantitative estimate of drug-likeness (QED) is 0.620. The monoisotopic (exact) mass is 291 g/mol. The Balaban J connectivity index is 2.10. The SMILES string of the molecule is Cc1cccc(OCCCC(=O)NOCC(F)(F)F)c1. The second-order valence-corrected chi connectivity index (χ2v) is 4.20. The summed E-state index contributed by atoms with van der Waals surface area (Å²) in [5.74, 6) is 0.0841. The molecular weight excluding hydrogens is 275 g/mol. The van der Waals surface area contributed by atoms with E-state index in [-0.39, 0.29) is 6.42 Å². The van der Waals surface area contributed by atoms with Gasteiger partial charge in [-0.1, -0.05) is 12.1 Å². The van der Waals surface area contributed by atoms with Gasteiger partial charge in [-0.25, -0.2) is 5.48 Å². The maximum Gasteiger partial charge on any atom is 0.414 e. The molecular formula is C13H16F3NO3. The number of carbonyl (C=O) groups is 1. The first-order chi connectivity index (χ1) is 9.37. The standard InChI is InChI=1S/C13H16F3NO3/c1-10-4-2-5-11(8-10)19-7-3-6-12(18)17-20-9-13(14,15)16/h2,4-5,8H,3,6-7,9H2,1H3,(H,17,18). The number of hydrogen-bond donors (Lipinski definition) is 1. The summed E-state index contributed by atoms with van der Waals surface area (Å²) in [6, 6.07) is 7.42. The van der Waals surface area contributed by atoms with Gasteiger partial charge in [0.2, 0.25) is 5.91 Å². The molecule has 1 aromatic rings. The van der Waals surface area contributed by atoms with Crippen LogP contribution in [-0.4, -0.2) is 25.3 Å². The van der Waals surface area contributed by atoms with Gasteiger partial charge in [0.15, 0.2) is 6.61 Å². The molecule has 1 aromatic carbocycles. The van der Waals surface area contributed by atoms with Gasteiger partial charge in [0.25, 0.3) is 0 Å². The van der Waals surface area contributed by atoms with E-state index in [1.807, 2.05) is 25.1 Å². The number of aryl methyl sites for hydroxylation is 1. The van der Waals surface area contributed by atoms with Crippen molar-refractivity contribution in [2.45, 2.75) is 25.9 Å². The highest BCUT2D eigenvalue weighted by Gasteiger charge is 2.28. The topological polar surface area (TPSA) is 47.6 Å². The molecule has 0 unspecified atom stereocenters. The molecule has 0 aliphatic carbocycles. The lowest BCUT2D eigenvalue weighted by Crippen LogP contribution is -2.29. The normalized spacial score (nSPS) is 11.2. The molecule has 20 heavy (non-hydrogen) atoms. The third-order valence-corrected chi connectivity index (χ3v) is 2.23. The van der Waals surface area contributed by atoms with Crippen molar-refractivity contribution in [1.29, 1.82) is 0 Å². The summed E-state index contributed by atoms with van der Waals surface area (Å²) in [7, 11) is 0. The molecule has 0 atom stereocenters. The Morgan fingerprint density at radius 1 is 1.35 bits per heavy atom. The Hall–Kier alpha value is -1.76. The summed E-state index contributed by atoms with van der Waals surface area (Å²) in [6.45, 7) is 0.729. The molecule has 1 N–H and O–H groups in total. The highest BCUT2D eigenvalue weighted by molar-refractivity contribution is 5.74. The van der Waals surface area contributed by atoms with Crippen molar-refractivity contribution in [2.24, 2.45) is 0 Å². The first kappa shape index (κ1) is 16.3. The summed E-state index contributed by atoms with van der Waals surface area (Å²) in [5.41, 5.74) is 2.79. The lowest BCUT2D eigenvalue weighted by molar-refractivity contribution is -0.191. The van der Waals surface area contributed by atoms with Crippen LogP contribution in [0, 0.1) is 6.92 Å². The maximum absolute atomic E-state index is 11.7. The Bertz CT molecular complexity index is 435.